The number of thiazole rings is 1. The molecule has 3 aromatic rings. The molecular weight excluding hydrogens is 454 g/mol. The minimum Gasteiger partial charge on any atom is -0.303 e. The van der Waals surface area contributed by atoms with Crippen LogP contribution in [0.3, 0.4) is 0 Å². The summed E-state index contributed by atoms with van der Waals surface area (Å²) in [7, 11) is 0. The van der Waals surface area contributed by atoms with E-state index in [4.69, 9.17) is 4.98 Å². The van der Waals surface area contributed by atoms with Gasteiger partial charge in [-0.05, 0) is 58.0 Å². The number of likely N-dealkylation sites (tertiary alicyclic amines) is 1. The number of aryl methyl sites for hydroxylation is 2. The number of aromatic nitrogens is 2. The molecule has 0 spiro atoms. The zero-order valence-electron chi connectivity index (χ0n) is 19.1. The third-order valence-electron chi connectivity index (χ3n) is 6.58. The van der Waals surface area contributed by atoms with Crippen molar-refractivity contribution in [3.05, 3.63) is 46.6 Å². The highest BCUT2D eigenvalue weighted by molar-refractivity contribution is 7.17. The lowest BCUT2D eigenvalue weighted by molar-refractivity contribution is -0.126. The first-order valence-corrected chi connectivity index (χ1v) is 12.7. The molecular formula is C25H32ClN5OS. The van der Waals surface area contributed by atoms with E-state index in [1.165, 1.54) is 23.4 Å². The van der Waals surface area contributed by atoms with Crippen LogP contribution < -0.4 is 5.43 Å². The number of nitrogens with zero attached hydrogens (tertiary/aromatic N) is 4. The van der Waals surface area contributed by atoms with Crippen molar-refractivity contribution in [1.29, 1.82) is 0 Å². The Morgan fingerprint density at radius 2 is 2.06 bits per heavy atom. The van der Waals surface area contributed by atoms with E-state index in [0.29, 0.717) is 0 Å². The molecule has 8 heteroatoms. The number of hydrogen-bond donors (Lipinski definition) is 1. The van der Waals surface area contributed by atoms with E-state index >= 15 is 0 Å². The second-order valence-electron chi connectivity index (χ2n) is 8.88. The standard InChI is InChI=1S/C25H31N5OS.ClH/c1-2-14-29-15-8-11-19(17-29)24(31)28-26-16-21-23(18-9-4-3-5-10-18)27-25-30(21)20-12-6-7-13-22(20)32-25;/h3-5,9-10,16,19H,2,6-8,11-15,17H2,1H3,(H,28,31);1H/b26-16+;. The van der Waals surface area contributed by atoms with Crippen molar-refractivity contribution in [2.45, 2.75) is 51.9 Å². The molecule has 1 aromatic carbocycles. The zero-order valence-corrected chi connectivity index (χ0v) is 20.8. The predicted octanol–water partition coefficient (Wildman–Crippen LogP) is 4.94. The van der Waals surface area contributed by atoms with Crippen LogP contribution in [0, 0.1) is 5.92 Å². The van der Waals surface area contributed by atoms with E-state index in [1.807, 2.05) is 18.2 Å². The van der Waals surface area contributed by atoms with Gasteiger partial charge in [0.2, 0.25) is 5.91 Å². The number of rotatable bonds is 6. The minimum atomic E-state index is 0. The number of carbonyl (C=O) groups is 1. The van der Waals surface area contributed by atoms with E-state index in [9.17, 15) is 4.79 Å². The first-order chi connectivity index (χ1) is 15.7. The van der Waals surface area contributed by atoms with E-state index < -0.39 is 0 Å². The summed E-state index contributed by atoms with van der Waals surface area (Å²) in [6.45, 7) is 5.18. The average Bonchev–Trinajstić information content (AvgIpc) is 3.36. The van der Waals surface area contributed by atoms with Gasteiger partial charge in [0.25, 0.3) is 0 Å². The van der Waals surface area contributed by atoms with Gasteiger partial charge in [0.15, 0.2) is 4.96 Å². The molecule has 1 unspecified atom stereocenters. The predicted molar refractivity (Wildman–Crippen MR) is 138 cm³/mol. The summed E-state index contributed by atoms with van der Waals surface area (Å²) in [5.74, 6) is 0.0387. The van der Waals surface area contributed by atoms with Crippen LogP contribution in [0.5, 0.6) is 0 Å². The summed E-state index contributed by atoms with van der Waals surface area (Å²) < 4.78 is 2.26. The summed E-state index contributed by atoms with van der Waals surface area (Å²) >= 11 is 1.79. The molecule has 6 nitrogen and oxygen atoms in total. The van der Waals surface area contributed by atoms with Gasteiger partial charge < -0.3 is 4.90 Å². The summed E-state index contributed by atoms with van der Waals surface area (Å²) in [5.41, 5.74) is 7.16. The molecule has 1 aliphatic carbocycles. The molecule has 2 aromatic heterocycles. The molecule has 176 valence electrons. The second-order valence-corrected chi connectivity index (χ2v) is 9.94. The van der Waals surface area contributed by atoms with Gasteiger partial charge in [-0.1, -0.05) is 37.3 Å². The Balaban J connectivity index is 0.00000259. The molecule has 1 saturated heterocycles. The van der Waals surface area contributed by atoms with Crippen molar-refractivity contribution in [2.24, 2.45) is 11.0 Å². The van der Waals surface area contributed by atoms with E-state index in [0.717, 1.165) is 73.7 Å². The number of imidazole rings is 1. The third kappa shape index (κ3) is 5.00. The average molecular weight is 486 g/mol. The van der Waals surface area contributed by atoms with Crippen LogP contribution >= 0.6 is 23.7 Å². The summed E-state index contributed by atoms with van der Waals surface area (Å²) in [5, 5.41) is 4.43. The van der Waals surface area contributed by atoms with Crippen molar-refractivity contribution >= 4 is 40.8 Å². The van der Waals surface area contributed by atoms with Crippen molar-refractivity contribution in [3.63, 3.8) is 0 Å². The highest BCUT2D eigenvalue weighted by Crippen LogP contribution is 2.34. The first-order valence-electron chi connectivity index (χ1n) is 11.9. The maximum Gasteiger partial charge on any atom is 0.244 e. The number of hydrogen-bond acceptors (Lipinski definition) is 5. The van der Waals surface area contributed by atoms with Crippen molar-refractivity contribution in [1.82, 2.24) is 19.7 Å². The summed E-state index contributed by atoms with van der Waals surface area (Å²) in [6.07, 6.45) is 9.59. The fraction of sp³-hybridized carbons (Fsp3) is 0.480. The van der Waals surface area contributed by atoms with Crippen LogP contribution in [0.15, 0.2) is 35.4 Å². The molecule has 0 radical (unpaired) electrons. The normalized spacial score (nSPS) is 18.9. The Labute approximate surface area is 205 Å². The smallest absolute Gasteiger partial charge is 0.244 e. The lowest BCUT2D eigenvalue weighted by Gasteiger charge is -2.31. The number of hydrazone groups is 1. The van der Waals surface area contributed by atoms with Gasteiger partial charge in [0, 0.05) is 22.7 Å². The summed E-state index contributed by atoms with van der Waals surface area (Å²) in [4.78, 5) is 22.6. The lowest BCUT2D eigenvalue weighted by atomic mass is 9.97. The van der Waals surface area contributed by atoms with Gasteiger partial charge in [-0.15, -0.1) is 23.7 Å². The third-order valence-corrected chi connectivity index (χ3v) is 7.72. The van der Waals surface area contributed by atoms with Crippen molar-refractivity contribution in [3.8, 4) is 11.3 Å². The molecule has 1 atom stereocenters. The number of piperidine rings is 1. The van der Waals surface area contributed by atoms with Gasteiger partial charge in [0.1, 0.15) is 0 Å². The highest BCUT2D eigenvalue weighted by Gasteiger charge is 2.26. The van der Waals surface area contributed by atoms with Crippen LogP contribution in [0.2, 0.25) is 0 Å². The van der Waals surface area contributed by atoms with Crippen LogP contribution in [-0.2, 0) is 17.6 Å². The molecule has 1 N–H and O–H groups in total. The largest absolute Gasteiger partial charge is 0.303 e. The summed E-state index contributed by atoms with van der Waals surface area (Å²) in [6, 6.07) is 10.3. The molecule has 5 rings (SSSR count). The van der Waals surface area contributed by atoms with Gasteiger partial charge in [0.05, 0.1) is 23.5 Å². The number of benzene rings is 1. The Bertz CT molecular complexity index is 1120. The zero-order chi connectivity index (χ0) is 21.9. The van der Waals surface area contributed by atoms with Crippen molar-refractivity contribution < 1.29 is 4.79 Å². The van der Waals surface area contributed by atoms with Gasteiger partial charge in [-0.25, -0.2) is 10.4 Å². The minimum absolute atomic E-state index is 0. The maximum atomic E-state index is 12.8. The lowest BCUT2D eigenvalue weighted by Crippen LogP contribution is -2.42. The fourth-order valence-electron chi connectivity index (χ4n) is 5.02. The van der Waals surface area contributed by atoms with E-state index in [1.54, 1.807) is 17.6 Å². The van der Waals surface area contributed by atoms with Gasteiger partial charge in [-0.2, -0.15) is 5.10 Å². The molecule has 1 aliphatic heterocycles. The number of amides is 1. The number of fused-ring (bicyclic) bond motifs is 3. The molecule has 3 heterocycles. The fourth-order valence-corrected chi connectivity index (χ4v) is 6.24. The number of nitrogens with one attached hydrogen (secondary N) is 1. The van der Waals surface area contributed by atoms with Crippen LogP contribution in [0.25, 0.3) is 16.2 Å². The van der Waals surface area contributed by atoms with Crippen LogP contribution in [0.4, 0.5) is 0 Å². The Hall–Kier alpha value is -2.22. The number of halogens is 1. The quantitative estimate of drug-likeness (QED) is 0.397. The van der Waals surface area contributed by atoms with Crippen molar-refractivity contribution in [2.75, 3.05) is 19.6 Å². The molecule has 1 fully saturated rings. The Morgan fingerprint density at radius 1 is 1.24 bits per heavy atom. The number of carbonyl (C=O) groups excluding carboxylic acids is 1. The first kappa shape index (κ1) is 23.9. The molecule has 0 bridgehead atoms. The monoisotopic (exact) mass is 485 g/mol. The van der Waals surface area contributed by atoms with E-state index in [2.05, 4.69) is 38.9 Å². The highest BCUT2D eigenvalue weighted by atomic mass is 35.5. The second kappa shape index (κ2) is 10.8. The molecule has 1 amide bonds. The van der Waals surface area contributed by atoms with Gasteiger partial charge in [-0.3, -0.25) is 9.20 Å². The Kier molecular flexibility index (Phi) is 7.83. The maximum absolute atomic E-state index is 12.8. The molecule has 33 heavy (non-hydrogen) atoms. The topological polar surface area (TPSA) is 62.0 Å². The SMILES string of the molecule is CCCN1CCCC(C(=O)N/N=C/c2c(-c3ccccc3)nc3sc4c(n23)CCCC4)C1.Cl. The Morgan fingerprint density at radius 3 is 2.88 bits per heavy atom. The van der Waals surface area contributed by atoms with Crippen LogP contribution in [-0.4, -0.2) is 46.0 Å². The van der Waals surface area contributed by atoms with Gasteiger partial charge >= 0.3 is 0 Å². The molecule has 0 saturated carbocycles. The van der Waals surface area contributed by atoms with Crippen LogP contribution in [0.1, 0.15) is 55.3 Å². The molecule has 2 aliphatic rings. The van der Waals surface area contributed by atoms with E-state index in [-0.39, 0.29) is 24.2 Å².